The molecule has 1 unspecified atom stereocenters. The first kappa shape index (κ1) is 19.3. The molecule has 138 valence electrons. The molecule has 8 nitrogen and oxygen atoms in total. The number of carbonyl (C=O) groups is 1. The summed E-state index contributed by atoms with van der Waals surface area (Å²) in [6.07, 6.45) is 0. The third kappa shape index (κ3) is 4.54. The number of nitrogens with zero attached hydrogens (tertiary/aromatic N) is 1. The molecule has 2 aromatic rings. The van der Waals surface area contributed by atoms with Crippen LogP contribution in [0, 0.1) is 10.1 Å². The van der Waals surface area contributed by atoms with Crippen LogP contribution in [0.1, 0.15) is 6.92 Å². The average molecular weight is 380 g/mol. The highest BCUT2D eigenvalue weighted by Crippen LogP contribution is 2.30. The zero-order chi connectivity index (χ0) is 19.3. The van der Waals surface area contributed by atoms with Gasteiger partial charge in [-0.25, -0.2) is 0 Å². The maximum Gasteiger partial charge on any atom is 0.271 e. The van der Waals surface area contributed by atoms with Crippen molar-refractivity contribution < 1.29 is 19.2 Å². The van der Waals surface area contributed by atoms with Crippen molar-refractivity contribution in [2.75, 3.05) is 24.9 Å². The molecule has 0 heterocycles. The van der Waals surface area contributed by atoms with Gasteiger partial charge in [-0.05, 0) is 31.2 Å². The minimum atomic E-state index is -0.636. The fourth-order valence-corrected chi connectivity index (χ4v) is 2.48. The van der Waals surface area contributed by atoms with E-state index in [1.807, 2.05) is 0 Å². The van der Waals surface area contributed by atoms with Gasteiger partial charge in [-0.1, -0.05) is 11.6 Å². The van der Waals surface area contributed by atoms with Gasteiger partial charge in [0.15, 0.2) is 0 Å². The summed E-state index contributed by atoms with van der Waals surface area (Å²) in [6.45, 7) is 1.65. The Balaban J connectivity index is 2.12. The molecule has 0 fully saturated rings. The molecule has 2 N–H and O–H groups in total. The molecule has 26 heavy (non-hydrogen) atoms. The predicted molar refractivity (Wildman–Crippen MR) is 99.4 cm³/mol. The second kappa shape index (κ2) is 8.39. The van der Waals surface area contributed by atoms with Crippen molar-refractivity contribution in [3.05, 3.63) is 51.5 Å². The number of nitrogens with one attached hydrogen (secondary N) is 2. The Morgan fingerprint density at radius 1 is 1.15 bits per heavy atom. The lowest BCUT2D eigenvalue weighted by atomic mass is 10.2. The van der Waals surface area contributed by atoms with Crippen LogP contribution in [-0.4, -0.2) is 31.1 Å². The summed E-state index contributed by atoms with van der Waals surface area (Å²) in [5.74, 6) is 0.454. The molecule has 1 atom stereocenters. The molecule has 0 aliphatic carbocycles. The third-order valence-electron chi connectivity index (χ3n) is 3.58. The van der Waals surface area contributed by atoms with E-state index in [4.69, 9.17) is 21.1 Å². The van der Waals surface area contributed by atoms with E-state index >= 15 is 0 Å². The smallest absolute Gasteiger partial charge is 0.271 e. The Bertz CT molecular complexity index is 828. The number of anilines is 2. The Labute approximate surface area is 155 Å². The van der Waals surface area contributed by atoms with Crippen LogP contribution in [-0.2, 0) is 4.79 Å². The van der Waals surface area contributed by atoms with Crippen molar-refractivity contribution in [2.24, 2.45) is 0 Å². The van der Waals surface area contributed by atoms with E-state index in [2.05, 4.69) is 10.6 Å². The summed E-state index contributed by atoms with van der Waals surface area (Å²) in [5, 5.41) is 17.0. The highest BCUT2D eigenvalue weighted by Gasteiger charge is 2.18. The quantitative estimate of drug-likeness (QED) is 0.561. The minimum Gasteiger partial charge on any atom is -0.495 e. The highest BCUT2D eigenvalue weighted by atomic mass is 35.5. The molecule has 0 saturated heterocycles. The van der Waals surface area contributed by atoms with Gasteiger partial charge in [-0.2, -0.15) is 0 Å². The predicted octanol–water partition coefficient (Wildman–Crippen LogP) is 3.70. The summed E-state index contributed by atoms with van der Waals surface area (Å²) in [7, 11) is 2.93. The molecule has 0 aliphatic rings. The van der Waals surface area contributed by atoms with Crippen molar-refractivity contribution in [1.29, 1.82) is 0 Å². The molecule has 0 bridgehead atoms. The minimum absolute atomic E-state index is 0.149. The first-order chi connectivity index (χ1) is 12.3. The molecule has 0 radical (unpaired) electrons. The summed E-state index contributed by atoms with van der Waals surface area (Å²) >= 11 is 6.06. The van der Waals surface area contributed by atoms with Gasteiger partial charge in [-0.15, -0.1) is 0 Å². The largest absolute Gasteiger partial charge is 0.495 e. The number of nitro groups is 1. The van der Waals surface area contributed by atoms with Crippen molar-refractivity contribution in [2.45, 2.75) is 13.0 Å². The standard InChI is InChI=1S/C17H18ClN3O5/c1-10(19-11-4-6-15(25-2)13(18)8-11)17(22)20-14-9-12(21(23)24)5-7-16(14)26-3/h4-10,19H,1-3H3,(H,20,22). The summed E-state index contributed by atoms with van der Waals surface area (Å²) in [6, 6.07) is 8.38. The fraction of sp³-hybridized carbons (Fsp3) is 0.235. The van der Waals surface area contributed by atoms with Gasteiger partial charge in [0, 0.05) is 17.8 Å². The molecule has 0 aliphatic heterocycles. The van der Waals surface area contributed by atoms with Gasteiger partial charge in [0.05, 0.1) is 29.9 Å². The number of amides is 1. The van der Waals surface area contributed by atoms with Crippen LogP contribution in [0.5, 0.6) is 11.5 Å². The van der Waals surface area contributed by atoms with Crippen molar-refractivity contribution in [3.8, 4) is 11.5 Å². The summed E-state index contributed by atoms with van der Waals surface area (Å²) < 4.78 is 10.2. The van der Waals surface area contributed by atoms with E-state index in [1.165, 1.54) is 32.4 Å². The number of benzene rings is 2. The molecular formula is C17H18ClN3O5. The average Bonchev–Trinajstić information content (AvgIpc) is 2.61. The molecule has 1 amide bonds. The number of hydrogen-bond donors (Lipinski definition) is 2. The Kier molecular flexibility index (Phi) is 6.24. The van der Waals surface area contributed by atoms with Gasteiger partial charge in [-0.3, -0.25) is 14.9 Å². The van der Waals surface area contributed by atoms with Crippen LogP contribution >= 0.6 is 11.6 Å². The van der Waals surface area contributed by atoms with E-state index in [1.54, 1.807) is 25.1 Å². The second-order valence-corrected chi connectivity index (χ2v) is 5.75. The number of ether oxygens (including phenoxy) is 2. The van der Waals surface area contributed by atoms with Gasteiger partial charge < -0.3 is 20.1 Å². The lowest BCUT2D eigenvalue weighted by Gasteiger charge is -2.17. The normalized spacial score (nSPS) is 11.4. The first-order valence-corrected chi connectivity index (χ1v) is 7.97. The molecule has 2 rings (SSSR count). The van der Waals surface area contributed by atoms with Crippen LogP contribution < -0.4 is 20.1 Å². The molecular weight excluding hydrogens is 362 g/mol. The molecule has 0 aromatic heterocycles. The van der Waals surface area contributed by atoms with Gasteiger partial charge in [0.25, 0.3) is 5.69 Å². The van der Waals surface area contributed by atoms with Crippen molar-refractivity contribution in [1.82, 2.24) is 0 Å². The summed E-state index contributed by atoms with van der Waals surface area (Å²) in [5.41, 5.74) is 0.696. The first-order valence-electron chi connectivity index (χ1n) is 7.59. The SMILES string of the molecule is COc1ccc(NC(C)C(=O)Nc2cc([N+](=O)[O-])ccc2OC)cc1Cl. The van der Waals surface area contributed by atoms with Crippen molar-refractivity contribution in [3.63, 3.8) is 0 Å². The Morgan fingerprint density at radius 2 is 1.81 bits per heavy atom. The van der Waals surface area contributed by atoms with Crippen LogP contribution in [0.2, 0.25) is 5.02 Å². The molecule has 0 spiro atoms. The van der Waals surface area contributed by atoms with E-state index in [9.17, 15) is 14.9 Å². The lowest BCUT2D eigenvalue weighted by Crippen LogP contribution is -2.32. The van der Waals surface area contributed by atoms with Crippen LogP contribution in [0.3, 0.4) is 0 Å². The topological polar surface area (TPSA) is 103 Å². The maximum absolute atomic E-state index is 12.4. The zero-order valence-electron chi connectivity index (χ0n) is 14.4. The van der Waals surface area contributed by atoms with E-state index in [-0.39, 0.29) is 11.4 Å². The highest BCUT2D eigenvalue weighted by molar-refractivity contribution is 6.32. The number of non-ortho nitro benzene ring substituents is 1. The number of nitro benzene ring substituents is 1. The zero-order valence-corrected chi connectivity index (χ0v) is 15.2. The number of halogens is 1. The van der Waals surface area contributed by atoms with Gasteiger partial charge >= 0.3 is 0 Å². The summed E-state index contributed by atoms with van der Waals surface area (Å²) in [4.78, 5) is 22.8. The fourth-order valence-electron chi connectivity index (χ4n) is 2.22. The maximum atomic E-state index is 12.4. The van der Waals surface area contributed by atoms with Gasteiger partial charge in [0.1, 0.15) is 17.5 Å². The molecule has 9 heteroatoms. The molecule has 2 aromatic carbocycles. The Morgan fingerprint density at radius 3 is 2.38 bits per heavy atom. The van der Waals surface area contributed by atoms with Crippen molar-refractivity contribution >= 4 is 34.6 Å². The lowest BCUT2D eigenvalue weighted by molar-refractivity contribution is -0.384. The van der Waals surface area contributed by atoms with E-state index in [0.29, 0.717) is 22.2 Å². The van der Waals surface area contributed by atoms with Crippen LogP contribution in [0.15, 0.2) is 36.4 Å². The second-order valence-electron chi connectivity index (χ2n) is 5.35. The van der Waals surface area contributed by atoms with Crippen LogP contribution in [0.25, 0.3) is 0 Å². The molecule has 0 saturated carbocycles. The third-order valence-corrected chi connectivity index (χ3v) is 3.88. The number of carbonyl (C=O) groups excluding carboxylic acids is 1. The van der Waals surface area contributed by atoms with E-state index < -0.39 is 16.9 Å². The monoisotopic (exact) mass is 379 g/mol. The number of hydrogen-bond acceptors (Lipinski definition) is 6. The Hall–Kier alpha value is -3.00. The van der Waals surface area contributed by atoms with Crippen LogP contribution in [0.4, 0.5) is 17.1 Å². The van der Waals surface area contributed by atoms with Gasteiger partial charge in [0.2, 0.25) is 5.91 Å². The number of methoxy groups -OCH3 is 2. The number of rotatable bonds is 7. The van der Waals surface area contributed by atoms with E-state index in [0.717, 1.165) is 0 Å².